The number of aromatic hydroxyl groups is 1. The molecule has 1 unspecified atom stereocenters. The average Bonchev–Trinajstić information content (AvgIpc) is 1.89. The van der Waals surface area contributed by atoms with Crippen LogP contribution < -0.4 is 4.74 Å². The molecule has 0 amide bonds. The van der Waals surface area contributed by atoms with Gasteiger partial charge in [-0.3, -0.25) is 0 Å². The lowest BCUT2D eigenvalue weighted by Gasteiger charge is -1.99. The van der Waals surface area contributed by atoms with E-state index >= 15 is 0 Å². The Bertz CT molecular complexity index is 201. The molecule has 0 aromatic heterocycles. The zero-order chi connectivity index (χ0) is 6.69. The summed E-state index contributed by atoms with van der Waals surface area (Å²) in [7, 11) is 1.52. The van der Waals surface area contributed by atoms with Crippen LogP contribution in [0.3, 0.4) is 0 Å². The van der Waals surface area contributed by atoms with Gasteiger partial charge in [-0.05, 0) is 12.1 Å². The third-order valence-electron chi connectivity index (χ3n) is 1.09. The maximum absolute atomic E-state index is 8.99. The van der Waals surface area contributed by atoms with E-state index in [9.17, 15) is 0 Å². The molecule has 1 rings (SSSR count). The van der Waals surface area contributed by atoms with Crippen molar-refractivity contribution in [1.29, 1.82) is 0 Å². The van der Waals surface area contributed by atoms with Crippen LogP contribution in [0.2, 0.25) is 0 Å². The lowest BCUT2D eigenvalue weighted by molar-refractivity contribution is 0.373. The molecule has 1 aromatic rings. The molecule has 0 bridgehead atoms. The number of phenolic OH excluding ortho intramolecular Hbond substituents is 1. The minimum absolute atomic E-state index is 0. The second-order valence-corrected chi connectivity index (χ2v) is 1.67. The van der Waals surface area contributed by atoms with Gasteiger partial charge in [-0.1, -0.05) is 12.1 Å². The van der Waals surface area contributed by atoms with Gasteiger partial charge in [0.2, 0.25) is 0 Å². The van der Waals surface area contributed by atoms with Crippen LogP contribution in [0.5, 0.6) is 11.5 Å². The summed E-state index contributed by atoms with van der Waals surface area (Å²) in [6.45, 7) is 0. The van der Waals surface area contributed by atoms with Gasteiger partial charge in [-0.15, -0.1) is 0 Å². The predicted octanol–water partition coefficient (Wildman–Crippen LogP) is 1.46. The second kappa shape index (κ2) is 4.13. The van der Waals surface area contributed by atoms with Gasteiger partial charge in [0.1, 0.15) is 0 Å². The van der Waals surface area contributed by atoms with Crippen LogP contribution in [0.25, 0.3) is 0 Å². The Hall–Kier alpha value is -0.750. The van der Waals surface area contributed by atoms with E-state index in [0.717, 1.165) is 0 Å². The minimum atomic E-state index is 0. The monoisotopic (exact) mass is 158 g/mol. The van der Waals surface area contributed by atoms with E-state index in [1.165, 1.54) is 7.11 Å². The third kappa shape index (κ3) is 1.89. The first-order chi connectivity index (χ1) is 4.34. The molecule has 0 aliphatic carbocycles. The molecule has 0 aliphatic rings. The Labute approximate surface area is 63.5 Å². The van der Waals surface area contributed by atoms with Crippen LogP contribution >= 0.6 is 9.90 Å². The maximum atomic E-state index is 8.99. The zero-order valence-corrected chi connectivity index (χ0v) is 7.29. The van der Waals surface area contributed by atoms with E-state index in [4.69, 9.17) is 9.84 Å². The largest absolute Gasteiger partial charge is 0.504 e. The van der Waals surface area contributed by atoms with Crippen LogP contribution in [0.15, 0.2) is 24.3 Å². The van der Waals surface area contributed by atoms with Crippen molar-refractivity contribution in [2.24, 2.45) is 0 Å². The Morgan fingerprint density at radius 2 is 1.90 bits per heavy atom. The van der Waals surface area contributed by atoms with Gasteiger partial charge in [-0.25, -0.2) is 0 Å². The van der Waals surface area contributed by atoms with Gasteiger partial charge in [0.05, 0.1) is 7.11 Å². The van der Waals surface area contributed by atoms with Crippen LogP contribution in [-0.4, -0.2) is 12.2 Å². The zero-order valence-electron chi connectivity index (χ0n) is 5.87. The molecular formula is C7H11O2P. The van der Waals surface area contributed by atoms with Crippen molar-refractivity contribution in [3.8, 4) is 11.5 Å². The molecule has 0 spiro atoms. The standard InChI is InChI=1S/C7H8O2.H3P/c1-9-7-5-3-2-4-6(7)8;/h2-5,8H,1H3;1H3. The Kier molecular flexibility index (Phi) is 3.82. The Morgan fingerprint density at radius 1 is 1.30 bits per heavy atom. The normalized spacial score (nSPS) is 8.10. The van der Waals surface area contributed by atoms with Crippen LogP contribution in [0.1, 0.15) is 0 Å². The smallest absolute Gasteiger partial charge is 0.160 e. The highest BCUT2D eigenvalue weighted by Gasteiger charge is 1.94. The summed E-state index contributed by atoms with van der Waals surface area (Å²) in [5, 5.41) is 8.99. The molecule has 56 valence electrons. The van der Waals surface area contributed by atoms with Gasteiger partial charge in [0.25, 0.3) is 0 Å². The van der Waals surface area contributed by atoms with Gasteiger partial charge >= 0.3 is 0 Å². The lowest BCUT2D eigenvalue weighted by atomic mass is 10.3. The Morgan fingerprint density at radius 3 is 2.30 bits per heavy atom. The number of benzene rings is 1. The van der Waals surface area contributed by atoms with E-state index in [0.29, 0.717) is 5.75 Å². The number of ether oxygens (including phenoxy) is 1. The molecule has 10 heavy (non-hydrogen) atoms. The topological polar surface area (TPSA) is 29.5 Å². The quantitative estimate of drug-likeness (QED) is 0.627. The number of methoxy groups -OCH3 is 1. The van der Waals surface area contributed by atoms with E-state index in [1.54, 1.807) is 24.3 Å². The summed E-state index contributed by atoms with van der Waals surface area (Å²) >= 11 is 0. The lowest BCUT2D eigenvalue weighted by Crippen LogP contribution is -1.80. The molecule has 0 fully saturated rings. The molecule has 1 atom stereocenters. The number of para-hydroxylation sites is 2. The van der Waals surface area contributed by atoms with Gasteiger partial charge < -0.3 is 9.84 Å². The fourth-order valence-electron chi connectivity index (χ4n) is 0.630. The van der Waals surface area contributed by atoms with Gasteiger partial charge in [-0.2, -0.15) is 9.90 Å². The van der Waals surface area contributed by atoms with Crippen LogP contribution in [0, 0.1) is 0 Å². The molecule has 0 saturated carbocycles. The van der Waals surface area contributed by atoms with E-state index in [-0.39, 0.29) is 15.6 Å². The highest BCUT2D eigenvalue weighted by Crippen LogP contribution is 2.22. The molecule has 2 nitrogen and oxygen atoms in total. The molecule has 0 radical (unpaired) electrons. The molecule has 0 saturated heterocycles. The number of hydrogen-bond acceptors (Lipinski definition) is 2. The van der Waals surface area contributed by atoms with E-state index in [1.807, 2.05) is 0 Å². The van der Waals surface area contributed by atoms with Crippen LogP contribution in [-0.2, 0) is 0 Å². The van der Waals surface area contributed by atoms with Crippen molar-refractivity contribution in [3.05, 3.63) is 24.3 Å². The first-order valence-electron chi connectivity index (χ1n) is 2.66. The van der Waals surface area contributed by atoms with Gasteiger partial charge in [0.15, 0.2) is 11.5 Å². The van der Waals surface area contributed by atoms with Crippen molar-refractivity contribution in [3.63, 3.8) is 0 Å². The van der Waals surface area contributed by atoms with Gasteiger partial charge in [0, 0.05) is 0 Å². The summed E-state index contributed by atoms with van der Waals surface area (Å²) in [6.07, 6.45) is 0. The SMILES string of the molecule is COc1ccccc1O.P. The summed E-state index contributed by atoms with van der Waals surface area (Å²) in [5.41, 5.74) is 0. The van der Waals surface area contributed by atoms with Crippen molar-refractivity contribution in [1.82, 2.24) is 0 Å². The highest BCUT2D eigenvalue weighted by molar-refractivity contribution is 6.92. The van der Waals surface area contributed by atoms with E-state index in [2.05, 4.69) is 0 Å². The van der Waals surface area contributed by atoms with Crippen molar-refractivity contribution in [2.45, 2.75) is 0 Å². The second-order valence-electron chi connectivity index (χ2n) is 1.67. The van der Waals surface area contributed by atoms with E-state index < -0.39 is 0 Å². The number of phenols is 1. The first kappa shape index (κ1) is 9.25. The summed E-state index contributed by atoms with van der Waals surface area (Å²) < 4.78 is 4.79. The molecule has 1 aromatic carbocycles. The molecule has 3 heteroatoms. The molecule has 0 aliphatic heterocycles. The third-order valence-corrected chi connectivity index (χ3v) is 1.09. The minimum Gasteiger partial charge on any atom is -0.504 e. The fraction of sp³-hybridized carbons (Fsp3) is 0.143. The van der Waals surface area contributed by atoms with Crippen molar-refractivity contribution < 1.29 is 9.84 Å². The molecule has 0 heterocycles. The average molecular weight is 158 g/mol. The highest BCUT2D eigenvalue weighted by atomic mass is 31.0. The summed E-state index contributed by atoms with van der Waals surface area (Å²) in [6, 6.07) is 6.84. The van der Waals surface area contributed by atoms with Crippen molar-refractivity contribution in [2.75, 3.05) is 7.11 Å². The number of rotatable bonds is 1. The molecule has 1 N–H and O–H groups in total. The fourth-order valence-corrected chi connectivity index (χ4v) is 0.630. The maximum Gasteiger partial charge on any atom is 0.160 e. The summed E-state index contributed by atoms with van der Waals surface area (Å²) in [5.74, 6) is 0.692. The molecular weight excluding hydrogens is 147 g/mol. The Balaban J connectivity index is 0.000000810. The predicted molar refractivity (Wildman–Crippen MR) is 45.8 cm³/mol. The number of hydrogen-bond donors (Lipinski definition) is 1. The summed E-state index contributed by atoms with van der Waals surface area (Å²) in [4.78, 5) is 0. The first-order valence-corrected chi connectivity index (χ1v) is 2.66. The van der Waals surface area contributed by atoms with Crippen molar-refractivity contribution >= 4 is 9.90 Å². The van der Waals surface area contributed by atoms with Crippen LogP contribution in [0.4, 0.5) is 0 Å².